The minimum Gasteiger partial charge on any atom is -0.469 e. The van der Waals surface area contributed by atoms with E-state index in [0.29, 0.717) is 12.6 Å². The van der Waals surface area contributed by atoms with Crippen molar-refractivity contribution in [1.82, 2.24) is 15.6 Å². The highest BCUT2D eigenvalue weighted by Gasteiger charge is 2.15. The first-order valence-corrected chi connectivity index (χ1v) is 10.0. The maximum absolute atomic E-state index is 5.40. The molecule has 3 rings (SSSR count). The van der Waals surface area contributed by atoms with Crippen LogP contribution in [0.25, 0.3) is 0 Å². The van der Waals surface area contributed by atoms with Crippen LogP contribution in [0.4, 0.5) is 0 Å². The number of rotatable bonds is 6. The molecule has 2 N–H and O–H groups in total. The summed E-state index contributed by atoms with van der Waals surface area (Å²) >= 11 is 1.74. The molecular weight excluding hydrogens is 332 g/mol. The molecule has 0 unspecified atom stereocenters. The van der Waals surface area contributed by atoms with E-state index < -0.39 is 0 Å². The SMILES string of the molecule is Cc1nc(CN=C(NCCc2ccco2)NC2CCCCC2)sc1C. The van der Waals surface area contributed by atoms with Crippen LogP contribution in [0.5, 0.6) is 0 Å². The van der Waals surface area contributed by atoms with E-state index in [-0.39, 0.29) is 0 Å². The topological polar surface area (TPSA) is 62.5 Å². The summed E-state index contributed by atoms with van der Waals surface area (Å²) < 4.78 is 5.40. The van der Waals surface area contributed by atoms with E-state index in [9.17, 15) is 0 Å². The molecule has 0 atom stereocenters. The predicted molar refractivity (Wildman–Crippen MR) is 103 cm³/mol. The smallest absolute Gasteiger partial charge is 0.191 e. The van der Waals surface area contributed by atoms with Gasteiger partial charge in [0.25, 0.3) is 0 Å². The van der Waals surface area contributed by atoms with Gasteiger partial charge in [-0.1, -0.05) is 19.3 Å². The molecule has 5 nitrogen and oxygen atoms in total. The summed E-state index contributed by atoms with van der Waals surface area (Å²) in [5.74, 6) is 1.89. The van der Waals surface area contributed by atoms with E-state index in [1.54, 1.807) is 17.6 Å². The van der Waals surface area contributed by atoms with Crippen LogP contribution in [0.2, 0.25) is 0 Å². The van der Waals surface area contributed by atoms with Gasteiger partial charge in [0.2, 0.25) is 0 Å². The average Bonchev–Trinajstić information content (AvgIpc) is 3.24. The Labute approximate surface area is 154 Å². The second-order valence-electron chi connectivity index (χ2n) is 6.65. The molecule has 0 saturated heterocycles. The highest BCUT2D eigenvalue weighted by Crippen LogP contribution is 2.18. The fourth-order valence-electron chi connectivity index (χ4n) is 3.11. The third-order valence-electron chi connectivity index (χ3n) is 4.64. The molecule has 0 aromatic carbocycles. The average molecular weight is 361 g/mol. The van der Waals surface area contributed by atoms with E-state index in [1.165, 1.54) is 37.0 Å². The van der Waals surface area contributed by atoms with Crippen molar-refractivity contribution in [3.05, 3.63) is 39.7 Å². The lowest BCUT2D eigenvalue weighted by molar-refractivity contribution is 0.409. The Balaban J connectivity index is 1.58. The van der Waals surface area contributed by atoms with Crippen molar-refractivity contribution in [2.45, 2.75) is 65.0 Å². The Bertz CT molecular complexity index is 652. The number of hydrogen-bond acceptors (Lipinski definition) is 4. The van der Waals surface area contributed by atoms with Gasteiger partial charge in [0.1, 0.15) is 10.8 Å². The number of nitrogens with zero attached hydrogens (tertiary/aromatic N) is 2. The Morgan fingerprint density at radius 3 is 2.84 bits per heavy atom. The summed E-state index contributed by atoms with van der Waals surface area (Å²) in [6.07, 6.45) is 9.01. The van der Waals surface area contributed by atoms with Crippen LogP contribution in [0, 0.1) is 13.8 Å². The molecule has 6 heteroatoms. The van der Waals surface area contributed by atoms with E-state index in [1.807, 2.05) is 12.1 Å². The van der Waals surface area contributed by atoms with Gasteiger partial charge in [-0.05, 0) is 38.8 Å². The van der Waals surface area contributed by atoms with Crippen LogP contribution in [0.1, 0.15) is 53.4 Å². The fraction of sp³-hybridized carbons (Fsp3) is 0.579. The Morgan fingerprint density at radius 1 is 1.32 bits per heavy atom. The summed E-state index contributed by atoms with van der Waals surface area (Å²) in [5, 5.41) is 8.14. The van der Waals surface area contributed by atoms with Gasteiger partial charge < -0.3 is 15.1 Å². The first kappa shape index (κ1) is 18.0. The lowest BCUT2D eigenvalue weighted by atomic mass is 9.96. The third kappa shape index (κ3) is 5.59. The van der Waals surface area contributed by atoms with Gasteiger partial charge in [-0.15, -0.1) is 11.3 Å². The van der Waals surface area contributed by atoms with Crippen molar-refractivity contribution >= 4 is 17.3 Å². The van der Waals surface area contributed by atoms with Crippen LogP contribution in [-0.2, 0) is 13.0 Å². The van der Waals surface area contributed by atoms with Gasteiger partial charge in [0.15, 0.2) is 5.96 Å². The monoisotopic (exact) mass is 360 g/mol. The van der Waals surface area contributed by atoms with Gasteiger partial charge in [-0.25, -0.2) is 9.98 Å². The molecule has 0 amide bonds. The zero-order valence-corrected chi connectivity index (χ0v) is 16.0. The first-order valence-electron chi connectivity index (χ1n) is 9.21. The molecule has 1 fully saturated rings. The molecule has 136 valence electrons. The number of furan rings is 1. The summed E-state index contributed by atoms with van der Waals surface area (Å²) in [6, 6.07) is 4.47. The zero-order valence-electron chi connectivity index (χ0n) is 15.2. The number of aryl methyl sites for hydroxylation is 2. The van der Waals surface area contributed by atoms with E-state index >= 15 is 0 Å². The number of aromatic nitrogens is 1. The van der Waals surface area contributed by atoms with Crippen molar-refractivity contribution in [1.29, 1.82) is 0 Å². The van der Waals surface area contributed by atoms with Crippen molar-refractivity contribution in [2.75, 3.05) is 6.54 Å². The standard InChI is InChI=1S/C19H28N4OS/c1-14-15(2)25-18(22-14)13-21-19(23-16-7-4-3-5-8-16)20-11-10-17-9-6-12-24-17/h6,9,12,16H,3-5,7-8,10-11,13H2,1-2H3,(H2,20,21,23). The van der Waals surface area contributed by atoms with Crippen LogP contribution >= 0.6 is 11.3 Å². The molecule has 1 saturated carbocycles. The lowest BCUT2D eigenvalue weighted by Gasteiger charge is -2.25. The van der Waals surface area contributed by atoms with Gasteiger partial charge in [-0.2, -0.15) is 0 Å². The minimum absolute atomic E-state index is 0.531. The van der Waals surface area contributed by atoms with Crippen LogP contribution < -0.4 is 10.6 Å². The first-order chi connectivity index (χ1) is 12.2. The summed E-state index contributed by atoms with van der Waals surface area (Å²) in [7, 11) is 0. The van der Waals surface area contributed by atoms with Gasteiger partial charge in [-0.3, -0.25) is 0 Å². The highest BCUT2D eigenvalue weighted by molar-refractivity contribution is 7.11. The van der Waals surface area contributed by atoms with Crippen LogP contribution in [-0.4, -0.2) is 23.5 Å². The molecular formula is C19H28N4OS. The lowest BCUT2D eigenvalue weighted by Crippen LogP contribution is -2.44. The minimum atomic E-state index is 0.531. The van der Waals surface area contributed by atoms with Crippen molar-refractivity contribution < 1.29 is 4.42 Å². The Morgan fingerprint density at radius 2 is 2.16 bits per heavy atom. The number of hydrogen-bond donors (Lipinski definition) is 2. The van der Waals surface area contributed by atoms with Gasteiger partial charge >= 0.3 is 0 Å². The van der Waals surface area contributed by atoms with Gasteiger partial charge in [0.05, 0.1) is 18.5 Å². The maximum atomic E-state index is 5.40. The molecule has 2 heterocycles. The van der Waals surface area contributed by atoms with Crippen molar-refractivity contribution in [3.63, 3.8) is 0 Å². The second-order valence-corrected chi connectivity index (χ2v) is 7.94. The second kappa shape index (κ2) is 9.04. The molecule has 1 aliphatic rings. The van der Waals surface area contributed by atoms with E-state index in [0.717, 1.165) is 35.4 Å². The molecule has 0 radical (unpaired) electrons. The van der Waals surface area contributed by atoms with Crippen LogP contribution in [0.3, 0.4) is 0 Å². The molecule has 0 bridgehead atoms. The summed E-state index contributed by atoms with van der Waals surface area (Å²) in [5.41, 5.74) is 1.11. The number of guanidine groups is 1. The van der Waals surface area contributed by atoms with Crippen molar-refractivity contribution in [2.24, 2.45) is 4.99 Å². The van der Waals surface area contributed by atoms with Crippen molar-refractivity contribution in [3.8, 4) is 0 Å². The molecule has 1 aliphatic carbocycles. The zero-order chi connectivity index (χ0) is 17.5. The Kier molecular flexibility index (Phi) is 6.50. The quantitative estimate of drug-likeness (QED) is 0.604. The predicted octanol–water partition coefficient (Wildman–Crippen LogP) is 3.96. The number of thiazole rings is 1. The molecule has 2 aromatic rings. The third-order valence-corrected chi connectivity index (χ3v) is 5.69. The number of aliphatic imine (C=N–C) groups is 1. The van der Waals surface area contributed by atoms with Gasteiger partial charge in [0, 0.05) is 23.9 Å². The number of nitrogens with one attached hydrogen (secondary N) is 2. The molecule has 0 spiro atoms. The molecule has 0 aliphatic heterocycles. The normalized spacial score (nSPS) is 16.2. The molecule has 2 aromatic heterocycles. The van der Waals surface area contributed by atoms with Crippen LogP contribution in [0.15, 0.2) is 27.8 Å². The summed E-state index contributed by atoms with van der Waals surface area (Å²) in [6.45, 7) is 5.61. The largest absolute Gasteiger partial charge is 0.469 e. The highest BCUT2D eigenvalue weighted by atomic mass is 32.1. The Hall–Kier alpha value is -1.82. The maximum Gasteiger partial charge on any atom is 0.191 e. The summed E-state index contributed by atoms with van der Waals surface area (Å²) in [4.78, 5) is 10.6. The molecule has 25 heavy (non-hydrogen) atoms. The van der Waals surface area contributed by atoms with E-state index in [2.05, 4.69) is 29.5 Å². The van der Waals surface area contributed by atoms with E-state index in [4.69, 9.17) is 9.41 Å². The fourth-order valence-corrected chi connectivity index (χ4v) is 3.96.